The summed E-state index contributed by atoms with van der Waals surface area (Å²) < 4.78 is 20.3. The molecule has 1 aromatic carbocycles. The number of ether oxygens (including phenoxy) is 1. The third-order valence-electron chi connectivity index (χ3n) is 2.58. The van der Waals surface area contributed by atoms with E-state index in [0.29, 0.717) is 15.7 Å². The smallest absolute Gasteiger partial charge is 0.358 e. The van der Waals surface area contributed by atoms with Gasteiger partial charge in [0.2, 0.25) is 0 Å². The van der Waals surface area contributed by atoms with Crippen molar-refractivity contribution in [3.8, 4) is 0 Å². The number of hydrogen-bond donors (Lipinski definition) is 1. The first-order valence-electron chi connectivity index (χ1n) is 5.61. The molecule has 0 fully saturated rings. The molecule has 1 heterocycles. The first-order valence-corrected chi connectivity index (χ1v) is 6.40. The minimum absolute atomic E-state index is 0.0606. The lowest BCUT2D eigenvalue weighted by Gasteiger charge is -2.07. The summed E-state index contributed by atoms with van der Waals surface area (Å²) in [5.74, 6) is -1.56. The molecule has 0 aliphatic rings. The Morgan fingerprint density at radius 3 is 2.85 bits per heavy atom. The summed E-state index contributed by atoms with van der Waals surface area (Å²) in [4.78, 5) is 11.0. The molecule has 1 aromatic heterocycles. The first-order chi connectivity index (χ1) is 9.51. The molecule has 0 amide bonds. The monoisotopic (exact) mass is 343 g/mol. The van der Waals surface area contributed by atoms with Crippen LogP contribution in [0.5, 0.6) is 0 Å². The van der Waals surface area contributed by atoms with Gasteiger partial charge in [-0.15, -0.1) is 5.10 Å². The van der Waals surface area contributed by atoms with Gasteiger partial charge in [0.15, 0.2) is 5.69 Å². The number of methoxy groups -OCH3 is 1. The summed E-state index contributed by atoms with van der Waals surface area (Å²) in [6, 6.07) is 4.41. The van der Waals surface area contributed by atoms with Crippen molar-refractivity contribution in [3.63, 3.8) is 0 Å². The standard InChI is InChI=1S/C12H11BrFN3O3/c1-20-6-10-11(12(18)19)15-16-17(10)5-7-2-8(13)4-9(14)3-7/h2-4H,5-6H2,1H3,(H,18,19). The number of carboxylic acids is 1. The highest BCUT2D eigenvalue weighted by atomic mass is 79.9. The maximum atomic E-state index is 13.3. The van der Waals surface area contributed by atoms with Gasteiger partial charge in [-0.3, -0.25) is 0 Å². The number of aromatic nitrogens is 3. The van der Waals surface area contributed by atoms with E-state index in [1.165, 1.54) is 23.9 Å². The van der Waals surface area contributed by atoms with E-state index >= 15 is 0 Å². The van der Waals surface area contributed by atoms with E-state index in [4.69, 9.17) is 9.84 Å². The van der Waals surface area contributed by atoms with E-state index in [2.05, 4.69) is 26.2 Å². The van der Waals surface area contributed by atoms with Gasteiger partial charge in [0.25, 0.3) is 0 Å². The Hall–Kier alpha value is -1.80. The van der Waals surface area contributed by atoms with Gasteiger partial charge in [0, 0.05) is 11.6 Å². The molecule has 6 nitrogen and oxygen atoms in total. The quantitative estimate of drug-likeness (QED) is 0.899. The molecule has 0 spiro atoms. The van der Waals surface area contributed by atoms with Gasteiger partial charge in [-0.25, -0.2) is 13.9 Å². The number of benzene rings is 1. The van der Waals surface area contributed by atoms with E-state index < -0.39 is 5.97 Å². The molecule has 0 bridgehead atoms. The third-order valence-corrected chi connectivity index (χ3v) is 3.03. The average molecular weight is 344 g/mol. The zero-order chi connectivity index (χ0) is 14.7. The minimum atomic E-state index is -1.18. The SMILES string of the molecule is COCc1c(C(=O)O)nnn1Cc1cc(F)cc(Br)c1. The molecular weight excluding hydrogens is 333 g/mol. The van der Waals surface area contributed by atoms with Crippen LogP contribution in [0.15, 0.2) is 22.7 Å². The molecule has 0 saturated heterocycles. The fourth-order valence-corrected chi connectivity index (χ4v) is 2.29. The van der Waals surface area contributed by atoms with Crippen molar-refractivity contribution in [2.45, 2.75) is 13.2 Å². The van der Waals surface area contributed by atoms with Crippen LogP contribution in [-0.4, -0.2) is 33.2 Å². The molecule has 0 radical (unpaired) electrons. The van der Waals surface area contributed by atoms with E-state index in [9.17, 15) is 9.18 Å². The second-order valence-electron chi connectivity index (χ2n) is 4.06. The Morgan fingerprint density at radius 1 is 1.50 bits per heavy atom. The van der Waals surface area contributed by atoms with E-state index in [0.717, 1.165) is 0 Å². The van der Waals surface area contributed by atoms with Crippen molar-refractivity contribution in [3.05, 3.63) is 45.4 Å². The van der Waals surface area contributed by atoms with Crippen molar-refractivity contribution in [2.75, 3.05) is 7.11 Å². The summed E-state index contributed by atoms with van der Waals surface area (Å²) in [6.45, 7) is 0.264. The largest absolute Gasteiger partial charge is 0.476 e. The van der Waals surface area contributed by atoms with Crippen LogP contribution >= 0.6 is 15.9 Å². The molecule has 106 valence electrons. The van der Waals surface area contributed by atoms with Crippen LogP contribution in [0.25, 0.3) is 0 Å². The van der Waals surface area contributed by atoms with Crippen LogP contribution in [0.1, 0.15) is 21.7 Å². The summed E-state index contributed by atoms with van der Waals surface area (Å²) in [5.41, 5.74) is 0.804. The number of aromatic carboxylic acids is 1. The van der Waals surface area contributed by atoms with Gasteiger partial charge >= 0.3 is 5.97 Å². The van der Waals surface area contributed by atoms with Gasteiger partial charge < -0.3 is 9.84 Å². The molecule has 0 saturated carbocycles. The second kappa shape index (κ2) is 6.10. The van der Waals surface area contributed by atoms with Crippen molar-refractivity contribution in [1.82, 2.24) is 15.0 Å². The van der Waals surface area contributed by atoms with Gasteiger partial charge in [-0.1, -0.05) is 21.1 Å². The van der Waals surface area contributed by atoms with Crippen LogP contribution in [0.3, 0.4) is 0 Å². The first kappa shape index (κ1) is 14.6. The van der Waals surface area contributed by atoms with Crippen LogP contribution in [0.2, 0.25) is 0 Å². The van der Waals surface area contributed by atoms with Crippen molar-refractivity contribution in [1.29, 1.82) is 0 Å². The Morgan fingerprint density at radius 2 is 2.25 bits per heavy atom. The number of carboxylic acid groups (broad SMARTS) is 1. The summed E-state index contributed by atoms with van der Waals surface area (Å²) in [7, 11) is 1.45. The maximum Gasteiger partial charge on any atom is 0.358 e. The Bertz CT molecular complexity index is 625. The summed E-state index contributed by atoms with van der Waals surface area (Å²) >= 11 is 3.20. The fraction of sp³-hybridized carbons (Fsp3) is 0.250. The Kier molecular flexibility index (Phi) is 4.46. The van der Waals surface area contributed by atoms with Gasteiger partial charge in [-0.05, 0) is 23.8 Å². The van der Waals surface area contributed by atoms with Crippen LogP contribution in [0, 0.1) is 5.82 Å². The molecule has 0 aliphatic carbocycles. The van der Waals surface area contributed by atoms with Gasteiger partial charge in [0.05, 0.1) is 18.8 Å². The molecular formula is C12H11BrFN3O3. The number of carbonyl (C=O) groups is 1. The molecule has 8 heteroatoms. The highest BCUT2D eigenvalue weighted by molar-refractivity contribution is 9.10. The summed E-state index contributed by atoms with van der Waals surface area (Å²) in [5, 5.41) is 16.4. The normalized spacial score (nSPS) is 10.8. The predicted octanol–water partition coefficient (Wildman–Crippen LogP) is 2.07. The minimum Gasteiger partial charge on any atom is -0.476 e. The number of rotatable bonds is 5. The number of nitrogens with zero attached hydrogens (tertiary/aromatic N) is 3. The molecule has 2 rings (SSSR count). The van der Waals surface area contributed by atoms with Crippen molar-refractivity contribution >= 4 is 21.9 Å². The van der Waals surface area contributed by atoms with Gasteiger partial charge in [-0.2, -0.15) is 0 Å². The van der Waals surface area contributed by atoms with Crippen LogP contribution < -0.4 is 0 Å². The lowest BCUT2D eigenvalue weighted by atomic mass is 10.2. The lowest BCUT2D eigenvalue weighted by molar-refractivity contribution is 0.0684. The number of hydrogen-bond acceptors (Lipinski definition) is 4. The average Bonchev–Trinajstić information content (AvgIpc) is 2.72. The molecule has 1 N–H and O–H groups in total. The Labute approximate surface area is 122 Å². The maximum absolute atomic E-state index is 13.3. The zero-order valence-electron chi connectivity index (χ0n) is 10.5. The molecule has 0 unspecified atom stereocenters. The topological polar surface area (TPSA) is 77.2 Å². The van der Waals surface area contributed by atoms with Crippen molar-refractivity contribution < 1.29 is 19.0 Å². The molecule has 20 heavy (non-hydrogen) atoms. The predicted molar refractivity (Wildman–Crippen MR) is 70.9 cm³/mol. The lowest BCUT2D eigenvalue weighted by Crippen LogP contribution is -2.10. The number of halogens is 2. The second-order valence-corrected chi connectivity index (χ2v) is 4.97. The fourth-order valence-electron chi connectivity index (χ4n) is 1.78. The zero-order valence-corrected chi connectivity index (χ0v) is 12.1. The van der Waals surface area contributed by atoms with E-state index in [1.54, 1.807) is 6.07 Å². The van der Waals surface area contributed by atoms with Crippen molar-refractivity contribution in [2.24, 2.45) is 0 Å². The molecule has 0 atom stereocenters. The van der Waals surface area contributed by atoms with E-state index in [1.807, 2.05) is 0 Å². The summed E-state index contributed by atoms with van der Waals surface area (Å²) in [6.07, 6.45) is 0. The van der Waals surface area contributed by atoms with Crippen LogP contribution in [0.4, 0.5) is 4.39 Å². The van der Waals surface area contributed by atoms with Crippen LogP contribution in [-0.2, 0) is 17.9 Å². The highest BCUT2D eigenvalue weighted by Crippen LogP contribution is 2.17. The highest BCUT2D eigenvalue weighted by Gasteiger charge is 2.19. The van der Waals surface area contributed by atoms with E-state index in [-0.39, 0.29) is 24.7 Å². The molecule has 0 aliphatic heterocycles. The van der Waals surface area contributed by atoms with Gasteiger partial charge in [0.1, 0.15) is 5.82 Å². The Balaban J connectivity index is 2.35. The molecule has 2 aromatic rings. The third kappa shape index (κ3) is 3.20.